The molecule has 1 unspecified atom stereocenters. The Kier molecular flexibility index (Phi) is 7.27. The molecule has 0 bridgehead atoms. The lowest BCUT2D eigenvalue weighted by molar-refractivity contribution is 0.0600. The SMILES string of the molecule is COC(=O)c1ccc(C2=NN(c3c(Cl)cc(C)cc3Cl)C(c3ccccc3)N2c2ccc(OC)cc2)cc1. The number of carbonyl (C=O) groups is 1. The number of anilines is 2. The maximum absolute atomic E-state index is 12.1. The number of aryl methyl sites for hydroxylation is 1. The molecule has 0 saturated heterocycles. The molecule has 192 valence electrons. The van der Waals surface area contributed by atoms with E-state index in [0.717, 1.165) is 28.1 Å². The van der Waals surface area contributed by atoms with Gasteiger partial charge in [-0.05, 0) is 66.6 Å². The molecule has 0 amide bonds. The Balaban J connectivity index is 1.73. The van der Waals surface area contributed by atoms with Gasteiger partial charge in [0.15, 0.2) is 12.0 Å². The Bertz CT molecular complexity index is 1470. The molecule has 1 aliphatic heterocycles. The topological polar surface area (TPSA) is 54.4 Å². The van der Waals surface area contributed by atoms with E-state index in [-0.39, 0.29) is 0 Å². The van der Waals surface area contributed by atoms with Crippen molar-refractivity contribution in [2.24, 2.45) is 5.10 Å². The van der Waals surface area contributed by atoms with Crippen molar-refractivity contribution in [3.05, 3.63) is 123 Å². The van der Waals surface area contributed by atoms with E-state index >= 15 is 0 Å². The highest BCUT2D eigenvalue weighted by atomic mass is 35.5. The Morgan fingerprint density at radius 3 is 2.08 bits per heavy atom. The van der Waals surface area contributed by atoms with Crippen LogP contribution in [0.5, 0.6) is 5.75 Å². The lowest BCUT2D eigenvalue weighted by atomic mass is 10.1. The summed E-state index contributed by atoms with van der Waals surface area (Å²) >= 11 is 13.6. The third-order valence-electron chi connectivity index (χ3n) is 6.31. The summed E-state index contributed by atoms with van der Waals surface area (Å²) in [5.41, 5.74) is 4.68. The van der Waals surface area contributed by atoms with E-state index in [0.29, 0.717) is 27.1 Å². The number of esters is 1. The van der Waals surface area contributed by atoms with E-state index in [4.69, 9.17) is 37.8 Å². The minimum Gasteiger partial charge on any atom is -0.497 e. The molecule has 0 N–H and O–H groups in total. The van der Waals surface area contributed by atoms with Crippen molar-refractivity contribution in [2.45, 2.75) is 13.1 Å². The van der Waals surface area contributed by atoms with Crippen molar-refractivity contribution in [1.29, 1.82) is 0 Å². The number of halogens is 2. The van der Waals surface area contributed by atoms with Crippen LogP contribution in [0, 0.1) is 6.92 Å². The van der Waals surface area contributed by atoms with Crippen LogP contribution in [0.15, 0.2) is 96.1 Å². The molecule has 1 atom stereocenters. The molecule has 38 heavy (non-hydrogen) atoms. The summed E-state index contributed by atoms with van der Waals surface area (Å²) < 4.78 is 10.3. The number of amidine groups is 1. The van der Waals surface area contributed by atoms with Crippen LogP contribution in [0.3, 0.4) is 0 Å². The van der Waals surface area contributed by atoms with E-state index in [1.807, 2.05) is 90.8 Å². The molecular formula is C30H25Cl2N3O3. The fraction of sp³-hybridized carbons (Fsp3) is 0.133. The third-order valence-corrected chi connectivity index (χ3v) is 6.89. The standard InChI is InChI=1S/C30H25Cl2N3O3/c1-19-17-25(31)27(26(32)18-19)35-29(21-7-5-4-6-8-21)34(23-13-15-24(37-2)16-14-23)28(33-35)20-9-11-22(12-10-20)30(36)38-3/h4-18,29H,1-3H3. The number of hydrogen-bond donors (Lipinski definition) is 0. The zero-order valence-electron chi connectivity index (χ0n) is 21.1. The molecule has 8 heteroatoms. The first kappa shape index (κ1) is 25.6. The van der Waals surface area contributed by atoms with Gasteiger partial charge in [0.25, 0.3) is 0 Å². The first-order valence-electron chi connectivity index (χ1n) is 11.9. The molecule has 0 spiro atoms. The molecule has 0 radical (unpaired) electrons. The number of nitrogens with zero attached hydrogens (tertiary/aromatic N) is 3. The molecule has 0 aliphatic carbocycles. The second-order valence-corrected chi connectivity index (χ2v) is 9.58. The van der Waals surface area contributed by atoms with Crippen molar-refractivity contribution in [1.82, 2.24) is 0 Å². The highest BCUT2D eigenvalue weighted by Gasteiger charge is 2.39. The maximum atomic E-state index is 12.1. The summed E-state index contributed by atoms with van der Waals surface area (Å²) in [7, 11) is 3.00. The molecular weight excluding hydrogens is 521 g/mol. The van der Waals surface area contributed by atoms with Crippen molar-refractivity contribution >= 4 is 46.4 Å². The number of methoxy groups -OCH3 is 2. The van der Waals surface area contributed by atoms with Crippen LogP contribution in [0.4, 0.5) is 11.4 Å². The van der Waals surface area contributed by atoms with E-state index < -0.39 is 12.1 Å². The van der Waals surface area contributed by atoms with E-state index in [1.54, 1.807) is 19.2 Å². The van der Waals surface area contributed by atoms with Crippen LogP contribution in [0.25, 0.3) is 0 Å². The molecule has 4 aromatic carbocycles. The summed E-state index contributed by atoms with van der Waals surface area (Å²) in [6, 6.07) is 28.7. The second-order valence-electron chi connectivity index (χ2n) is 8.77. The normalized spacial score (nSPS) is 14.9. The van der Waals surface area contributed by atoms with Gasteiger partial charge in [-0.15, -0.1) is 0 Å². The van der Waals surface area contributed by atoms with Gasteiger partial charge in [0.2, 0.25) is 0 Å². The van der Waals surface area contributed by atoms with Gasteiger partial charge in [-0.25, -0.2) is 9.80 Å². The smallest absolute Gasteiger partial charge is 0.337 e. The van der Waals surface area contributed by atoms with Gasteiger partial charge in [-0.2, -0.15) is 5.10 Å². The summed E-state index contributed by atoms with van der Waals surface area (Å²) in [5, 5.41) is 7.94. The van der Waals surface area contributed by atoms with Gasteiger partial charge >= 0.3 is 5.97 Å². The average Bonchev–Trinajstić information content (AvgIpc) is 3.32. The van der Waals surface area contributed by atoms with Crippen molar-refractivity contribution in [3.8, 4) is 5.75 Å². The molecule has 0 saturated carbocycles. The number of hydrazone groups is 1. The van der Waals surface area contributed by atoms with Crippen LogP contribution < -0.4 is 14.6 Å². The summed E-state index contributed by atoms with van der Waals surface area (Å²) in [5.74, 6) is 0.999. The fourth-order valence-corrected chi connectivity index (χ4v) is 5.27. The summed E-state index contributed by atoms with van der Waals surface area (Å²) in [4.78, 5) is 14.2. The number of carbonyl (C=O) groups excluding carboxylic acids is 1. The highest BCUT2D eigenvalue weighted by molar-refractivity contribution is 6.39. The molecule has 1 aliphatic rings. The van der Waals surface area contributed by atoms with Crippen molar-refractivity contribution < 1.29 is 14.3 Å². The first-order chi connectivity index (χ1) is 18.4. The predicted octanol–water partition coefficient (Wildman–Crippen LogP) is 7.48. The molecule has 0 fully saturated rings. The number of benzene rings is 4. The summed E-state index contributed by atoms with van der Waals surface area (Å²) in [6.07, 6.45) is -0.405. The van der Waals surface area contributed by atoms with Crippen LogP contribution in [-0.2, 0) is 4.74 Å². The molecule has 1 heterocycles. The van der Waals surface area contributed by atoms with Crippen LogP contribution in [-0.4, -0.2) is 26.0 Å². The Hall–Kier alpha value is -4.00. The quantitative estimate of drug-likeness (QED) is 0.235. The fourth-order valence-electron chi connectivity index (χ4n) is 4.51. The molecule has 0 aromatic heterocycles. The first-order valence-corrected chi connectivity index (χ1v) is 12.7. The van der Waals surface area contributed by atoms with Crippen molar-refractivity contribution in [2.75, 3.05) is 24.1 Å². The molecule has 5 rings (SSSR count). The van der Waals surface area contributed by atoms with Gasteiger partial charge < -0.3 is 9.47 Å². The van der Waals surface area contributed by atoms with Gasteiger partial charge in [0.05, 0.1) is 35.5 Å². The molecule has 4 aromatic rings. The van der Waals surface area contributed by atoms with E-state index in [2.05, 4.69) is 4.90 Å². The number of ether oxygens (including phenoxy) is 2. The zero-order chi connectivity index (χ0) is 26.8. The minimum absolute atomic E-state index is 0.404. The second kappa shape index (κ2) is 10.8. The average molecular weight is 546 g/mol. The summed E-state index contributed by atoms with van der Waals surface area (Å²) in [6.45, 7) is 1.95. The Labute approximate surface area is 231 Å². The van der Waals surface area contributed by atoms with E-state index in [9.17, 15) is 4.79 Å². The lowest BCUT2D eigenvalue weighted by Gasteiger charge is -2.33. The largest absolute Gasteiger partial charge is 0.497 e. The van der Waals surface area contributed by atoms with E-state index in [1.165, 1.54) is 7.11 Å². The molecule has 6 nitrogen and oxygen atoms in total. The van der Waals surface area contributed by atoms with Gasteiger partial charge in [0, 0.05) is 11.3 Å². The van der Waals surface area contributed by atoms with Crippen LogP contribution >= 0.6 is 23.2 Å². The maximum Gasteiger partial charge on any atom is 0.337 e. The highest BCUT2D eigenvalue weighted by Crippen LogP contribution is 2.45. The van der Waals surface area contributed by atoms with Gasteiger partial charge in [-0.1, -0.05) is 65.7 Å². The van der Waals surface area contributed by atoms with Crippen LogP contribution in [0.1, 0.15) is 33.2 Å². The van der Waals surface area contributed by atoms with Crippen LogP contribution in [0.2, 0.25) is 10.0 Å². The Morgan fingerprint density at radius 1 is 0.868 bits per heavy atom. The predicted molar refractivity (Wildman–Crippen MR) is 153 cm³/mol. The monoisotopic (exact) mass is 545 g/mol. The Morgan fingerprint density at radius 2 is 1.50 bits per heavy atom. The van der Waals surface area contributed by atoms with Gasteiger partial charge in [-0.3, -0.25) is 4.90 Å². The van der Waals surface area contributed by atoms with Crippen molar-refractivity contribution in [3.63, 3.8) is 0 Å². The lowest BCUT2D eigenvalue weighted by Crippen LogP contribution is -2.36. The number of hydrogen-bond acceptors (Lipinski definition) is 6. The third kappa shape index (κ3) is 4.80. The number of rotatable bonds is 6. The van der Waals surface area contributed by atoms with Gasteiger partial charge in [0.1, 0.15) is 5.75 Å². The zero-order valence-corrected chi connectivity index (χ0v) is 22.6. The minimum atomic E-state index is -0.405.